The summed E-state index contributed by atoms with van der Waals surface area (Å²) in [7, 11) is 0. The Labute approximate surface area is 205 Å². The van der Waals surface area contributed by atoms with Crippen LogP contribution in [0.25, 0.3) is 0 Å². The van der Waals surface area contributed by atoms with E-state index in [0.717, 1.165) is 28.9 Å². The van der Waals surface area contributed by atoms with Gasteiger partial charge in [0.15, 0.2) is 10.9 Å². The summed E-state index contributed by atoms with van der Waals surface area (Å²) >= 11 is 11.9. The van der Waals surface area contributed by atoms with Crippen LogP contribution >= 0.6 is 23.8 Å². The van der Waals surface area contributed by atoms with Crippen LogP contribution in [0.2, 0.25) is 5.02 Å². The van der Waals surface area contributed by atoms with Crippen LogP contribution in [0.5, 0.6) is 0 Å². The zero-order valence-electron chi connectivity index (χ0n) is 18.8. The molecule has 0 bridgehead atoms. The van der Waals surface area contributed by atoms with E-state index in [1.54, 1.807) is 0 Å². The van der Waals surface area contributed by atoms with Gasteiger partial charge >= 0.3 is 0 Å². The highest BCUT2D eigenvalue weighted by molar-refractivity contribution is 7.80. The van der Waals surface area contributed by atoms with Crippen molar-refractivity contribution < 1.29 is 0 Å². The molecule has 0 unspecified atom stereocenters. The molecule has 1 heterocycles. The summed E-state index contributed by atoms with van der Waals surface area (Å²) in [5, 5.41) is 4.80. The molecule has 0 aliphatic rings. The lowest BCUT2D eigenvalue weighted by atomic mass is 10.2. The summed E-state index contributed by atoms with van der Waals surface area (Å²) in [6.07, 6.45) is 0. The number of aromatic nitrogens is 2. The number of halogens is 1. The quantitative estimate of drug-likeness (QED) is 0.306. The van der Waals surface area contributed by atoms with E-state index in [9.17, 15) is 0 Å². The molecule has 0 saturated carbocycles. The summed E-state index contributed by atoms with van der Waals surface area (Å²) in [5.41, 5.74) is 4.63. The van der Waals surface area contributed by atoms with E-state index in [4.69, 9.17) is 28.8 Å². The van der Waals surface area contributed by atoms with Gasteiger partial charge in [0.1, 0.15) is 5.82 Å². The molecule has 168 valence electrons. The van der Waals surface area contributed by atoms with E-state index < -0.39 is 0 Å². The van der Waals surface area contributed by atoms with E-state index in [1.807, 2.05) is 43.3 Å². The summed E-state index contributed by atoms with van der Waals surface area (Å²) < 4.78 is 2.19. The maximum absolute atomic E-state index is 6.04. The zero-order chi connectivity index (χ0) is 23.2. The number of benzene rings is 3. The lowest BCUT2D eigenvalue weighted by Crippen LogP contribution is -2.34. The lowest BCUT2D eigenvalue weighted by molar-refractivity contribution is 0.412. The van der Waals surface area contributed by atoms with Gasteiger partial charge in [-0.15, -0.1) is 0 Å². The minimum Gasteiger partial charge on any atom is -0.340 e. The Morgan fingerprint density at radius 3 is 1.94 bits per heavy atom. The first-order valence-electron chi connectivity index (χ1n) is 10.9. The van der Waals surface area contributed by atoms with Gasteiger partial charge in [0.2, 0.25) is 0 Å². The number of imidazole rings is 1. The molecule has 33 heavy (non-hydrogen) atoms. The third-order valence-corrected chi connectivity index (χ3v) is 6.22. The van der Waals surface area contributed by atoms with E-state index in [1.165, 1.54) is 16.7 Å². The number of nitrogens with one attached hydrogen (secondary N) is 1. The van der Waals surface area contributed by atoms with Gasteiger partial charge < -0.3 is 14.8 Å². The number of aryl methyl sites for hydroxylation is 1. The first-order chi connectivity index (χ1) is 16.0. The Morgan fingerprint density at radius 2 is 1.39 bits per heavy atom. The molecule has 1 N–H and O–H groups in total. The van der Waals surface area contributed by atoms with E-state index in [-0.39, 0.29) is 0 Å². The van der Waals surface area contributed by atoms with Gasteiger partial charge in [0.05, 0.1) is 5.69 Å². The molecule has 1 aromatic heterocycles. The van der Waals surface area contributed by atoms with Gasteiger partial charge in [0, 0.05) is 24.7 Å². The van der Waals surface area contributed by atoms with Crippen LogP contribution < -0.4 is 5.32 Å². The Balaban J connectivity index is 1.53. The van der Waals surface area contributed by atoms with Crippen molar-refractivity contribution in [3.63, 3.8) is 0 Å². The normalized spacial score (nSPS) is 10.8. The first kappa shape index (κ1) is 23.0. The SMILES string of the molecule is Cc1nc(NC(=S)N(Cc2ccccc2)Cc2ccccc2)c(C)n1Cc1ccc(Cl)cc1. The minimum absolute atomic E-state index is 0.655. The molecule has 4 aromatic rings. The molecule has 0 amide bonds. The lowest BCUT2D eigenvalue weighted by Gasteiger charge is -2.26. The molecule has 4 rings (SSSR count). The highest BCUT2D eigenvalue weighted by atomic mass is 35.5. The van der Waals surface area contributed by atoms with Crippen molar-refractivity contribution in [1.82, 2.24) is 14.5 Å². The zero-order valence-corrected chi connectivity index (χ0v) is 20.4. The van der Waals surface area contributed by atoms with Crippen molar-refractivity contribution in [2.24, 2.45) is 0 Å². The van der Waals surface area contributed by atoms with E-state index in [0.29, 0.717) is 18.2 Å². The van der Waals surface area contributed by atoms with Crippen molar-refractivity contribution in [3.8, 4) is 0 Å². The Bertz CT molecular complexity index is 1160. The number of hydrogen-bond acceptors (Lipinski definition) is 2. The smallest absolute Gasteiger partial charge is 0.175 e. The van der Waals surface area contributed by atoms with Crippen LogP contribution in [-0.2, 0) is 19.6 Å². The number of nitrogens with zero attached hydrogens (tertiary/aromatic N) is 3. The van der Waals surface area contributed by atoms with Gasteiger partial charge in [-0.1, -0.05) is 84.4 Å². The van der Waals surface area contributed by atoms with Crippen LogP contribution in [0.1, 0.15) is 28.2 Å². The predicted molar refractivity (Wildman–Crippen MR) is 141 cm³/mol. The number of thiocarbonyl (C=S) groups is 1. The summed E-state index contributed by atoms with van der Waals surface area (Å²) in [6, 6.07) is 28.7. The van der Waals surface area contributed by atoms with Crippen molar-refractivity contribution in [2.75, 3.05) is 5.32 Å². The van der Waals surface area contributed by atoms with Crippen LogP contribution in [0.3, 0.4) is 0 Å². The molecule has 6 heteroatoms. The van der Waals surface area contributed by atoms with Crippen LogP contribution in [0.15, 0.2) is 84.9 Å². The average molecular weight is 475 g/mol. The largest absolute Gasteiger partial charge is 0.340 e. The standard InChI is InChI=1S/C27H27ClN4S/c1-20-26(29-21(2)32(20)19-24-13-15-25(28)16-14-24)30-27(33)31(17-22-9-5-3-6-10-22)18-23-11-7-4-8-12-23/h3-16H,17-19H2,1-2H3,(H,30,33). The molecule has 0 radical (unpaired) electrons. The van der Waals surface area contributed by atoms with Crippen LogP contribution in [0.4, 0.5) is 5.82 Å². The fourth-order valence-corrected chi connectivity index (χ4v) is 4.14. The van der Waals surface area contributed by atoms with Gasteiger partial charge in [-0.25, -0.2) is 4.98 Å². The maximum atomic E-state index is 6.04. The second-order valence-electron chi connectivity index (χ2n) is 8.06. The van der Waals surface area contributed by atoms with Crippen molar-refractivity contribution >= 4 is 34.7 Å². The summed E-state index contributed by atoms with van der Waals surface area (Å²) in [4.78, 5) is 6.95. The number of hydrogen-bond donors (Lipinski definition) is 1. The Hall–Kier alpha value is -3.15. The topological polar surface area (TPSA) is 33.1 Å². The van der Waals surface area contributed by atoms with Gasteiger partial charge in [-0.2, -0.15) is 0 Å². The second kappa shape index (κ2) is 10.6. The van der Waals surface area contributed by atoms with Gasteiger partial charge in [0.25, 0.3) is 0 Å². The average Bonchev–Trinajstić information content (AvgIpc) is 3.08. The molecule has 0 saturated heterocycles. The molecule has 0 atom stereocenters. The fraction of sp³-hybridized carbons (Fsp3) is 0.185. The third kappa shape index (κ3) is 6.01. The minimum atomic E-state index is 0.655. The first-order valence-corrected chi connectivity index (χ1v) is 11.7. The van der Waals surface area contributed by atoms with Gasteiger partial charge in [-0.05, 0) is 54.9 Å². The Morgan fingerprint density at radius 1 is 0.848 bits per heavy atom. The van der Waals surface area contributed by atoms with Crippen molar-refractivity contribution in [2.45, 2.75) is 33.5 Å². The number of anilines is 1. The molecular weight excluding hydrogens is 448 g/mol. The molecule has 0 aliphatic heterocycles. The molecule has 0 aliphatic carbocycles. The van der Waals surface area contributed by atoms with E-state index in [2.05, 4.69) is 70.2 Å². The Kier molecular flexibility index (Phi) is 7.43. The van der Waals surface area contributed by atoms with E-state index >= 15 is 0 Å². The maximum Gasteiger partial charge on any atom is 0.175 e. The summed E-state index contributed by atoms with van der Waals surface area (Å²) in [5.74, 6) is 1.73. The van der Waals surface area contributed by atoms with Crippen LogP contribution in [-0.4, -0.2) is 19.6 Å². The van der Waals surface area contributed by atoms with Crippen LogP contribution in [0, 0.1) is 13.8 Å². The highest BCUT2D eigenvalue weighted by Gasteiger charge is 2.17. The third-order valence-electron chi connectivity index (χ3n) is 5.61. The molecule has 3 aromatic carbocycles. The van der Waals surface area contributed by atoms with Crippen molar-refractivity contribution in [1.29, 1.82) is 0 Å². The fourth-order valence-electron chi connectivity index (χ4n) is 3.78. The van der Waals surface area contributed by atoms with Gasteiger partial charge in [-0.3, -0.25) is 0 Å². The molecule has 4 nitrogen and oxygen atoms in total. The highest BCUT2D eigenvalue weighted by Crippen LogP contribution is 2.20. The molecule has 0 fully saturated rings. The van der Waals surface area contributed by atoms with Crippen molar-refractivity contribution in [3.05, 3.63) is 118 Å². The molecule has 0 spiro atoms. The molecular formula is C27H27ClN4S. The monoisotopic (exact) mass is 474 g/mol. The second-order valence-corrected chi connectivity index (χ2v) is 8.89. The summed E-state index contributed by atoms with van der Waals surface area (Å²) in [6.45, 7) is 6.24. The predicted octanol–water partition coefficient (Wildman–Crippen LogP) is 6.60. The number of rotatable bonds is 7.